The minimum atomic E-state index is 0. The van der Waals surface area contributed by atoms with Gasteiger partial charge in [0.1, 0.15) is 0 Å². The second-order valence-electron chi connectivity index (χ2n) is 6.86. The first-order chi connectivity index (χ1) is 12.1. The minimum absolute atomic E-state index is 0. The fourth-order valence-corrected chi connectivity index (χ4v) is 3.26. The van der Waals surface area contributed by atoms with Crippen LogP contribution in [0.5, 0.6) is 0 Å². The van der Waals surface area contributed by atoms with E-state index in [1.54, 1.807) is 0 Å². The smallest absolute Gasteiger partial charge is 0 e. The van der Waals surface area contributed by atoms with Gasteiger partial charge in [0, 0.05) is 25.8 Å². The first-order valence-corrected chi connectivity index (χ1v) is 9.02. The second kappa shape index (κ2) is 22.1. The van der Waals surface area contributed by atoms with Gasteiger partial charge in [-0.1, -0.05) is 54.8 Å². The van der Waals surface area contributed by atoms with Crippen molar-refractivity contribution in [1.29, 1.82) is 0 Å². The van der Waals surface area contributed by atoms with E-state index in [1.807, 2.05) is 30.3 Å². The van der Waals surface area contributed by atoms with E-state index in [0.29, 0.717) is 5.92 Å². The molecule has 0 saturated carbocycles. The van der Waals surface area contributed by atoms with Crippen LogP contribution in [0.3, 0.4) is 0 Å². The Balaban J connectivity index is -0.000000126. The summed E-state index contributed by atoms with van der Waals surface area (Å²) in [5.74, 6) is 0.559. The molecule has 0 aliphatic carbocycles. The van der Waals surface area contributed by atoms with Crippen molar-refractivity contribution in [3.63, 3.8) is 0 Å². The summed E-state index contributed by atoms with van der Waals surface area (Å²) in [6.07, 6.45) is 1.11. The van der Waals surface area contributed by atoms with E-state index in [1.165, 1.54) is 33.0 Å². The van der Waals surface area contributed by atoms with E-state index in [-0.39, 0.29) is 77.8 Å². The average Bonchev–Trinajstić information content (AvgIpc) is 3.31. The minimum Gasteiger partial charge on any atom is -0.358 e. The zero-order valence-electron chi connectivity index (χ0n) is 22.9. The number of rotatable bonds is 3. The maximum absolute atomic E-state index is 2.34. The first-order valence-electron chi connectivity index (χ1n) is 9.02. The molecule has 33 heavy (non-hydrogen) atoms. The van der Waals surface area contributed by atoms with Crippen LogP contribution in [0.15, 0.2) is 84.9 Å². The van der Waals surface area contributed by atoms with E-state index in [9.17, 15) is 0 Å². The molecule has 1 unspecified atom stereocenters. The van der Waals surface area contributed by atoms with E-state index < -0.39 is 0 Å². The summed E-state index contributed by atoms with van der Waals surface area (Å²) in [6.45, 7) is 6.70. The summed E-state index contributed by atoms with van der Waals surface area (Å²) >= 11 is 0. The predicted molar refractivity (Wildman–Crippen MR) is 155 cm³/mol. The van der Waals surface area contributed by atoms with Gasteiger partial charge in [0.2, 0.25) is 0 Å². The Labute approximate surface area is 228 Å². The summed E-state index contributed by atoms with van der Waals surface area (Å²) in [5.41, 5.74) is 5.66. The standard InChI is InChI=1S/C20H21.C5H5.7CH3.Hf/c1-14-11-18-9-10-19(20(18)13-15(14)2)12-16(3)17-7-5-4-6-8-17;1-2-4-5-3-1;;;;;;;;/h4-11,13,16H,12H2,1-3H3;1-5H;7*1H3;/q9*-1;. The number of hydrogen-bond donors (Lipinski definition) is 0. The summed E-state index contributed by atoms with van der Waals surface area (Å²) in [4.78, 5) is 0. The monoisotopic (exact) mass is 611 g/mol. The van der Waals surface area contributed by atoms with Crippen LogP contribution < -0.4 is 0 Å². The second-order valence-corrected chi connectivity index (χ2v) is 6.86. The zero-order chi connectivity index (χ0) is 17.6. The predicted octanol–water partition coefficient (Wildman–Crippen LogP) is 10.1. The molecule has 0 N–H and O–H groups in total. The van der Waals surface area contributed by atoms with Gasteiger partial charge in [-0.15, -0.1) is 34.5 Å². The molecule has 0 aliphatic heterocycles. The van der Waals surface area contributed by atoms with Crippen LogP contribution >= 0.6 is 0 Å². The van der Waals surface area contributed by atoms with Crippen molar-refractivity contribution in [1.82, 2.24) is 0 Å². The molecule has 1 heteroatoms. The van der Waals surface area contributed by atoms with Gasteiger partial charge < -0.3 is 52.0 Å². The van der Waals surface area contributed by atoms with E-state index in [0.717, 1.165) is 6.42 Å². The number of benzene rings is 2. The molecule has 4 aromatic rings. The van der Waals surface area contributed by atoms with Crippen LogP contribution in [0.25, 0.3) is 10.8 Å². The van der Waals surface area contributed by atoms with Gasteiger partial charge in [-0.05, 0) is 25.3 Å². The first kappa shape index (κ1) is 44.9. The molecule has 0 amide bonds. The number of hydrogen-bond acceptors (Lipinski definition) is 0. The van der Waals surface area contributed by atoms with Gasteiger partial charge in [-0.3, -0.25) is 0 Å². The van der Waals surface area contributed by atoms with E-state index >= 15 is 0 Å². The molecule has 0 fully saturated rings. The molecule has 188 valence electrons. The fourth-order valence-electron chi connectivity index (χ4n) is 3.26. The molecule has 0 nitrogen and oxygen atoms in total. The van der Waals surface area contributed by atoms with Crippen LogP contribution in [-0.4, -0.2) is 0 Å². The van der Waals surface area contributed by atoms with Gasteiger partial charge in [-0.2, -0.15) is 24.3 Å². The van der Waals surface area contributed by atoms with Crippen molar-refractivity contribution < 1.29 is 25.8 Å². The van der Waals surface area contributed by atoms with Gasteiger partial charge in [0.05, 0.1) is 0 Å². The molecule has 0 aromatic heterocycles. The Morgan fingerprint density at radius 1 is 0.727 bits per heavy atom. The van der Waals surface area contributed by atoms with Crippen LogP contribution in [0.2, 0.25) is 0 Å². The average molecular weight is 610 g/mol. The molecule has 1 atom stereocenters. The van der Waals surface area contributed by atoms with Crippen LogP contribution in [0, 0.1) is 65.8 Å². The summed E-state index contributed by atoms with van der Waals surface area (Å²) in [6, 6.07) is 30.0. The van der Waals surface area contributed by atoms with Crippen molar-refractivity contribution in [2.24, 2.45) is 0 Å². The number of fused-ring (bicyclic) bond motifs is 1. The van der Waals surface area contributed by atoms with Gasteiger partial charge >= 0.3 is 0 Å². The van der Waals surface area contributed by atoms with Crippen molar-refractivity contribution in [2.45, 2.75) is 33.1 Å². The molecule has 0 spiro atoms. The molecule has 0 saturated heterocycles. The maximum atomic E-state index is 2.34. The Bertz CT molecular complexity index is 881. The summed E-state index contributed by atoms with van der Waals surface area (Å²) in [7, 11) is 0. The molecule has 4 rings (SSSR count). The van der Waals surface area contributed by atoms with Crippen molar-refractivity contribution in [2.75, 3.05) is 0 Å². The van der Waals surface area contributed by atoms with Gasteiger partial charge in [0.25, 0.3) is 0 Å². The molecular formula is C32H47Hf-9. The SMILES string of the molecule is Cc1cc2cc[c-](CC(C)c3ccccc3)c2cc1C.[CH3-].[CH3-].[CH3-].[CH3-].[CH3-].[CH3-].[CH3-].[Hf].c1cc[cH-]c1. The van der Waals surface area contributed by atoms with Crippen molar-refractivity contribution >= 4 is 10.8 Å². The largest absolute Gasteiger partial charge is 0.358 e. The molecular weight excluding hydrogens is 563 g/mol. The summed E-state index contributed by atoms with van der Waals surface area (Å²) < 4.78 is 0. The molecule has 4 aromatic carbocycles. The Morgan fingerprint density at radius 2 is 1.24 bits per heavy atom. The molecule has 0 heterocycles. The van der Waals surface area contributed by atoms with Gasteiger partial charge in [0.15, 0.2) is 0 Å². The Hall–Kier alpha value is -1.73. The molecule has 0 aliphatic rings. The normalized spacial score (nSPS) is 8.94. The third kappa shape index (κ3) is 12.3. The Morgan fingerprint density at radius 3 is 1.73 bits per heavy atom. The van der Waals surface area contributed by atoms with Crippen LogP contribution in [0.1, 0.15) is 35.1 Å². The maximum Gasteiger partial charge on any atom is 0 e. The zero-order valence-corrected chi connectivity index (χ0v) is 26.5. The summed E-state index contributed by atoms with van der Waals surface area (Å²) in [5, 5.41) is 2.80. The fraction of sp³-hybridized carbons (Fsp3) is 0.156. The van der Waals surface area contributed by atoms with Crippen molar-refractivity contribution in [3.8, 4) is 0 Å². The Kier molecular flexibility index (Phi) is 30.0. The van der Waals surface area contributed by atoms with E-state index in [2.05, 4.69) is 75.4 Å². The van der Waals surface area contributed by atoms with Gasteiger partial charge in [-0.25, -0.2) is 12.1 Å². The van der Waals surface area contributed by atoms with Crippen LogP contribution in [0.4, 0.5) is 0 Å². The third-order valence-electron chi connectivity index (χ3n) is 4.93. The molecule has 0 radical (unpaired) electrons. The quantitative estimate of drug-likeness (QED) is 0.160. The van der Waals surface area contributed by atoms with E-state index in [4.69, 9.17) is 0 Å². The molecule has 0 bridgehead atoms. The van der Waals surface area contributed by atoms with Crippen LogP contribution in [-0.2, 0) is 32.3 Å². The topological polar surface area (TPSA) is 0 Å². The van der Waals surface area contributed by atoms with Crippen molar-refractivity contribution in [3.05, 3.63) is 159 Å². The number of aryl methyl sites for hydroxylation is 2. The third-order valence-corrected chi connectivity index (χ3v) is 4.93.